The van der Waals surface area contributed by atoms with Crippen LogP contribution in [0.1, 0.15) is 43.3 Å². The molecule has 2 nitrogen and oxygen atoms in total. The molecule has 16 heavy (non-hydrogen) atoms. The maximum Gasteiger partial charge on any atom is 0.0954 e. The molecule has 0 aliphatic heterocycles. The molecule has 0 aliphatic carbocycles. The Bertz CT molecular complexity index is 284. The van der Waals surface area contributed by atoms with Gasteiger partial charge in [0, 0.05) is 17.8 Å². The van der Waals surface area contributed by atoms with E-state index in [2.05, 4.69) is 35.8 Å². The summed E-state index contributed by atoms with van der Waals surface area (Å²) in [7, 11) is 0. The molecule has 0 atom stereocenters. The Labute approximate surface area is 107 Å². The average Bonchev–Trinajstić information content (AvgIpc) is 2.72. The van der Waals surface area contributed by atoms with Crippen LogP contribution in [0.25, 0.3) is 0 Å². The predicted octanol–water partition coefficient (Wildman–Crippen LogP) is 3.50. The van der Waals surface area contributed by atoms with Crippen LogP contribution < -0.4 is 5.32 Å². The lowest BCUT2D eigenvalue weighted by Crippen LogP contribution is -2.15. The van der Waals surface area contributed by atoms with Crippen LogP contribution in [0.5, 0.6) is 0 Å². The summed E-state index contributed by atoms with van der Waals surface area (Å²) in [6.45, 7) is 6.41. The van der Waals surface area contributed by atoms with Crippen molar-refractivity contribution in [1.29, 1.82) is 0 Å². The number of thiazole rings is 1. The zero-order valence-corrected chi connectivity index (χ0v) is 12.1. The van der Waals surface area contributed by atoms with Crippen molar-refractivity contribution in [2.24, 2.45) is 0 Å². The second-order valence-electron chi connectivity index (χ2n) is 4.21. The summed E-state index contributed by atoms with van der Waals surface area (Å²) < 4.78 is 0. The Morgan fingerprint density at radius 1 is 1.44 bits per heavy atom. The highest BCUT2D eigenvalue weighted by Gasteiger charge is 2.04. The normalized spacial score (nSPS) is 11.2. The van der Waals surface area contributed by atoms with E-state index in [1.54, 1.807) is 11.3 Å². The maximum atomic E-state index is 4.60. The molecule has 1 aromatic heterocycles. The molecule has 0 saturated heterocycles. The quantitative estimate of drug-likeness (QED) is 0.722. The van der Waals surface area contributed by atoms with Crippen LogP contribution in [0.15, 0.2) is 5.38 Å². The zero-order chi connectivity index (χ0) is 11.8. The Balaban J connectivity index is 2.12. The summed E-state index contributed by atoms with van der Waals surface area (Å²) in [5.41, 5.74) is 1.19. The smallest absolute Gasteiger partial charge is 0.0954 e. The third-order valence-corrected chi connectivity index (χ3v) is 4.21. The van der Waals surface area contributed by atoms with Crippen LogP contribution in [0.4, 0.5) is 0 Å². The van der Waals surface area contributed by atoms with Crippen molar-refractivity contribution in [2.75, 3.05) is 18.6 Å². The van der Waals surface area contributed by atoms with Crippen LogP contribution >= 0.6 is 23.1 Å². The molecule has 92 valence electrons. The second kappa shape index (κ2) is 8.09. The molecule has 0 spiro atoms. The summed E-state index contributed by atoms with van der Waals surface area (Å²) in [5, 5.41) is 6.87. The predicted molar refractivity (Wildman–Crippen MR) is 75.5 cm³/mol. The zero-order valence-electron chi connectivity index (χ0n) is 10.5. The van der Waals surface area contributed by atoms with E-state index in [0.717, 1.165) is 13.1 Å². The molecule has 0 amide bonds. The van der Waals surface area contributed by atoms with Gasteiger partial charge in [-0.15, -0.1) is 11.3 Å². The molecule has 1 N–H and O–H groups in total. The van der Waals surface area contributed by atoms with Gasteiger partial charge in [-0.25, -0.2) is 4.98 Å². The number of thioether (sulfide) groups is 1. The Morgan fingerprint density at radius 3 is 2.88 bits per heavy atom. The summed E-state index contributed by atoms with van der Waals surface area (Å²) in [4.78, 5) is 4.60. The number of nitrogens with one attached hydrogen (secondary N) is 1. The van der Waals surface area contributed by atoms with E-state index < -0.39 is 0 Å². The lowest BCUT2D eigenvalue weighted by atomic mass is 10.2. The topological polar surface area (TPSA) is 24.9 Å². The first kappa shape index (κ1) is 14.0. The van der Waals surface area contributed by atoms with Crippen LogP contribution in [0.2, 0.25) is 0 Å². The summed E-state index contributed by atoms with van der Waals surface area (Å²) in [6, 6.07) is 0. The van der Waals surface area contributed by atoms with Crippen molar-refractivity contribution in [3.8, 4) is 0 Å². The summed E-state index contributed by atoms with van der Waals surface area (Å²) in [5.74, 6) is 1.83. The van der Waals surface area contributed by atoms with Crippen molar-refractivity contribution in [1.82, 2.24) is 10.3 Å². The lowest BCUT2D eigenvalue weighted by Gasteiger charge is -2.02. The molecule has 0 bridgehead atoms. The van der Waals surface area contributed by atoms with E-state index in [9.17, 15) is 0 Å². The van der Waals surface area contributed by atoms with E-state index in [4.69, 9.17) is 0 Å². The fourth-order valence-corrected chi connectivity index (χ4v) is 2.71. The van der Waals surface area contributed by atoms with E-state index in [1.165, 1.54) is 29.3 Å². The number of hydrogen-bond donors (Lipinski definition) is 1. The SMILES string of the molecule is CSCCCCNCc1csc(C(C)C)n1. The van der Waals surface area contributed by atoms with Gasteiger partial charge in [0.2, 0.25) is 0 Å². The van der Waals surface area contributed by atoms with E-state index >= 15 is 0 Å². The van der Waals surface area contributed by atoms with Gasteiger partial charge in [-0.1, -0.05) is 13.8 Å². The first-order valence-corrected chi connectivity index (χ1v) is 8.15. The number of hydrogen-bond acceptors (Lipinski definition) is 4. The Hall–Kier alpha value is -0.0600. The standard InChI is InChI=1S/C12H22N2S2/c1-10(2)12-14-11(9-16-12)8-13-6-4-5-7-15-3/h9-10,13H,4-8H2,1-3H3. The molecular formula is C12H22N2S2. The number of rotatable bonds is 8. The van der Waals surface area contributed by atoms with Gasteiger partial charge in [-0.3, -0.25) is 0 Å². The monoisotopic (exact) mass is 258 g/mol. The number of nitrogens with zero attached hydrogens (tertiary/aromatic N) is 1. The van der Waals surface area contributed by atoms with Crippen LogP contribution in [0, 0.1) is 0 Å². The molecule has 0 radical (unpaired) electrons. The van der Waals surface area contributed by atoms with E-state index in [-0.39, 0.29) is 0 Å². The van der Waals surface area contributed by atoms with Crippen molar-refractivity contribution in [2.45, 2.75) is 39.2 Å². The molecular weight excluding hydrogens is 236 g/mol. The molecule has 4 heteroatoms. The van der Waals surface area contributed by atoms with Crippen molar-refractivity contribution in [3.63, 3.8) is 0 Å². The molecule has 0 fully saturated rings. The fraction of sp³-hybridized carbons (Fsp3) is 0.750. The fourth-order valence-electron chi connectivity index (χ4n) is 1.38. The molecule has 0 unspecified atom stereocenters. The van der Waals surface area contributed by atoms with E-state index in [1.807, 2.05) is 11.8 Å². The molecule has 1 aromatic rings. The highest BCUT2D eigenvalue weighted by molar-refractivity contribution is 7.98. The molecule has 1 rings (SSSR count). The molecule has 1 heterocycles. The van der Waals surface area contributed by atoms with Gasteiger partial charge in [0.15, 0.2) is 0 Å². The molecule has 0 aliphatic rings. The van der Waals surface area contributed by atoms with Crippen LogP contribution in [-0.2, 0) is 6.54 Å². The minimum atomic E-state index is 0.556. The van der Waals surface area contributed by atoms with E-state index in [0.29, 0.717) is 5.92 Å². The molecule has 0 aromatic carbocycles. The third-order valence-electron chi connectivity index (χ3n) is 2.32. The average molecular weight is 258 g/mol. The van der Waals surface area contributed by atoms with Crippen molar-refractivity contribution in [3.05, 3.63) is 16.1 Å². The van der Waals surface area contributed by atoms with Gasteiger partial charge in [0.05, 0.1) is 10.7 Å². The Kier molecular flexibility index (Phi) is 7.08. The first-order valence-electron chi connectivity index (χ1n) is 5.88. The maximum absolute atomic E-state index is 4.60. The summed E-state index contributed by atoms with van der Waals surface area (Å²) >= 11 is 3.70. The first-order chi connectivity index (χ1) is 7.74. The van der Waals surface area contributed by atoms with Crippen LogP contribution in [0.3, 0.4) is 0 Å². The van der Waals surface area contributed by atoms with Gasteiger partial charge in [-0.05, 0) is 31.4 Å². The minimum absolute atomic E-state index is 0.556. The Morgan fingerprint density at radius 2 is 2.25 bits per heavy atom. The number of unbranched alkanes of at least 4 members (excludes halogenated alkanes) is 1. The molecule has 0 saturated carbocycles. The van der Waals surface area contributed by atoms with Crippen LogP contribution in [-0.4, -0.2) is 23.5 Å². The van der Waals surface area contributed by atoms with Gasteiger partial charge < -0.3 is 5.32 Å². The third kappa shape index (κ3) is 5.32. The highest BCUT2D eigenvalue weighted by Crippen LogP contribution is 2.18. The van der Waals surface area contributed by atoms with Gasteiger partial charge >= 0.3 is 0 Å². The lowest BCUT2D eigenvalue weighted by molar-refractivity contribution is 0.635. The number of aromatic nitrogens is 1. The van der Waals surface area contributed by atoms with Gasteiger partial charge in [0.1, 0.15) is 0 Å². The summed E-state index contributed by atoms with van der Waals surface area (Å²) in [6.07, 6.45) is 4.74. The second-order valence-corrected chi connectivity index (χ2v) is 6.08. The van der Waals surface area contributed by atoms with Gasteiger partial charge in [0.25, 0.3) is 0 Å². The van der Waals surface area contributed by atoms with Crippen molar-refractivity contribution >= 4 is 23.1 Å². The largest absolute Gasteiger partial charge is 0.311 e. The van der Waals surface area contributed by atoms with Crippen molar-refractivity contribution < 1.29 is 0 Å². The minimum Gasteiger partial charge on any atom is -0.311 e. The van der Waals surface area contributed by atoms with Gasteiger partial charge in [-0.2, -0.15) is 11.8 Å². The highest BCUT2D eigenvalue weighted by atomic mass is 32.2.